The number of carbonyl (C=O) groups excluding carboxylic acids is 2. The highest BCUT2D eigenvalue weighted by atomic mass is 35.5. The molecular formula is C21H23ClN2O4S2. The fourth-order valence-electron chi connectivity index (χ4n) is 4.00. The number of Topliss-reactive ketones (excluding diaryl/α,β-unsaturated/α-hetero) is 1. The van der Waals surface area contributed by atoms with E-state index in [1.54, 1.807) is 29.2 Å². The number of aryl methyl sites for hydroxylation is 2. The first-order valence-corrected chi connectivity index (χ1v) is 12.7. The van der Waals surface area contributed by atoms with E-state index in [4.69, 9.17) is 11.6 Å². The van der Waals surface area contributed by atoms with E-state index < -0.39 is 10.0 Å². The second-order valence-corrected chi connectivity index (χ2v) is 11.2. The number of hydrogen-bond donors (Lipinski definition) is 0. The summed E-state index contributed by atoms with van der Waals surface area (Å²) in [5.41, 5.74) is 2.37. The molecule has 0 unspecified atom stereocenters. The van der Waals surface area contributed by atoms with Crippen molar-refractivity contribution in [2.75, 3.05) is 26.2 Å². The molecule has 0 spiro atoms. The van der Waals surface area contributed by atoms with Crippen LogP contribution < -0.4 is 0 Å². The molecule has 0 bridgehead atoms. The summed E-state index contributed by atoms with van der Waals surface area (Å²) in [4.78, 5) is 27.2. The van der Waals surface area contributed by atoms with Gasteiger partial charge in [-0.3, -0.25) is 9.59 Å². The number of benzene rings is 1. The normalized spacial score (nSPS) is 17.2. The predicted octanol–water partition coefficient (Wildman–Crippen LogP) is 3.39. The molecule has 2 heterocycles. The maximum absolute atomic E-state index is 13.0. The number of halogens is 1. The lowest BCUT2D eigenvalue weighted by molar-refractivity contribution is -0.132. The van der Waals surface area contributed by atoms with Crippen LogP contribution in [0.5, 0.6) is 0 Å². The summed E-state index contributed by atoms with van der Waals surface area (Å²) in [6.45, 7) is 1.20. The van der Waals surface area contributed by atoms with Crippen LogP contribution in [0.4, 0.5) is 0 Å². The first-order chi connectivity index (χ1) is 14.3. The predicted molar refractivity (Wildman–Crippen MR) is 117 cm³/mol. The van der Waals surface area contributed by atoms with E-state index in [9.17, 15) is 18.0 Å². The Kier molecular flexibility index (Phi) is 6.29. The Labute approximate surface area is 185 Å². The summed E-state index contributed by atoms with van der Waals surface area (Å²) < 4.78 is 28.0. The van der Waals surface area contributed by atoms with Gasteiger partial charge < -0.3 is 4.90 Å². The van der Waals surface area contributed by atoms with Gasteiger partial charge in [0.15, 0.2) is 5.78 Å². The number of amides is 1. The van der Waals surface area contributed by atoms with E-state index in [0.717, 1.165) is 24.8 Å². The van der Waals surface area contributed by atoms with Crippen LogP contribution in [0.3, 0.4) is 0 Å². The SMILES string of the molecule is O=C(CCC(=O)N1CCN(S(=O)(=O)c2ccc3c(c2)CCC3)CC1)c1ccc(Cl)s1. The van der Waals surface area contributed by atoms with Crippen molar-refractivity contribution >= 4 is 44.7 Å². The largest absolute Gasteiger partial charge is 0.340 e. The van der Waals surface area contributed by atoms with Gasteiger partial charge in [-0.15, -0.1) is 11.3 Å². The molecule has 1 fully saturated rings. The minimum atomic E-state index is -3.56. The zero-order valence-corrected chi connectivity index (χ0v) is 18.9. The summed E-state index contributed by atoms with van der Waals surface area (Å²) >= 11 is 7.06. The van der Waals surface area contributed by atoms with Crippen molar-refractivity contribution in [1.29, 1.82) is 0 Å². The molecule has 0 saturated carbocycles. The molecule has 1 aromatic carbocycles. The highest BCUT2D eigenvalue weighted by Gasteiger charge is 2.31. The molecule has 1 amide bonds. The summed E-state index contributed by atoms with van der Waals surface area (Å²) in [5.74, 6) is -0.223. The molecule has 0 radical (unpaired) electrons. The Morgan fingerprint density at radius 3 is 2.40 bits per heavy atom. The van der Waals surface area contributed by atoms with Gasteiger partial charge in [-0.1, -0.05) is 17.7 Å². The molecule has 1 aliphatic carbocycles. The lowest BCUT2D eigenvalue weighted by atomic mass is 10.1. The first kappa shape index (κ1) is 21.5. The molecule has 1 aliphatic heterocycles. The maximum Gasteiger partial charge on any atom is 0.243 e. The van der Waals surface area contributed by atoms with E-state index in [1.165, 1.54) is 21.2 Å². The summed E-state index contributed by atoms with van der Waals surface area (Å²) in [5, 5.41) is 0. The van der Waals surface area contributed by atoms with Crippen LogP contribution in [0, 0.1) is 0 Å². The van der Waals surface area contributed by atoms with Crippen molar-refractivity contribution in [3.05, 3.63) is 50.7 Å². The number of ketones is 1. The number of fused-ring (bicyclic) bond motifs is 1. The number of sulfonamides is 1. The van der Waals surface area contributed by atoms with Crippen molar-refractivity contribution < 1.29 is 18.0 Å². The second-order valence-electron chi connectivity index (χ2n) is 7.60. The molecule has 160 valence electrons. The zero-order valence-electron chi connectivity index (χ0n) is 16.5. The van der Waals surface area contributed by atoms with Gasteiger partial charge in [0.2, 0.25) is 15.9 Å². The third-order valence-corrected chi connectivity index (χ3v) is 8.88. The van der Waals surface area contributed by atoms with Crippen molar-refractivity contribution in [2.45, 2.75) is 37.0 Å². The molecule has 9 heteroatoms. The molecule has 2 aliphatic rings. The Morgan fingerprint density at radius 1 is 0.967 bits per heavy atom. The second kappa shape index (κ2) is 8.78. The Morgan fingerprint density at radius 2 is 1.70 bits per heavy atom. The quantitative estimate of drug-likeness (QED) is 0.611. The standard InChI is InChI=1S/C21H23ClN2O4S2/c22-20-8-7-19(29-20)18(25)6-9-21(26)23-10-12-24(13-11-23)30(27,28)17-5-4-15-2-1-3-16(15)14-17/h4-5,7-8,14H,1-3,6,9-13H2. The number of nitrogens with zero attached hydrogens (tertiary/aromatic N) is 2. The van der Waals surface area contributed by atoms with Crippen LogP contribution in [0.15, 0.2) is 35.2 Å². The molecule has 2 aromatic rings. The molecule has 1 saturated heterocycles. The highest BCUT2D eigenvalue weighted by molar-refractivity contribution is 7.89. The maximum atomic E-state index is 13.0. The zero-order chi connectivity index (χ0) is 21.3. The Bertz CT molecular complexity index is 1070. The summed E-state index contributed by atoms with van der Waals surface area (Å²) in [7, 11) is -3.56. The van der Waals surface area contributed by atoms with Gasteiger partial charge in [-0.25, -0.2) is 8.42 Å². The summed E-state index contributed by atoms with van der Waals surface area (Å²) in [6, 6.07) is 8.76. The van der Waals surface area contributed by atoms with E-state index >= 15 is 0 Å². The lowest BCUT2D eigenvalue weighted by Crippen LogP contribution is -2.50. The van der Waals surface area contributed by atoms with Crippen LogP contribution in [0.25, 0.3) is 0 Å². The monoisotopic (exact) mass is 466 g/mol. The van der Waals surface area contributed by atoms with Crippen molar-refractivity contribution in [3.63, 3.8) is 0 Å². The first-order valence-electron chi connectivity index (χ1n) is 10.0. The molecule has 4 rings (SSSR count). The number of hydrogen-bond acceptors (Lipinski definition) is 5. The number of carbonyl (C=O) groups is 2. The smallest absolute Gasteiger partial charge is 0.243 e. The highest BCUT2D eigenvalue weighted by Crippen LogP contribution is 2.27. The number of thiophene rings is 1. The van der Waals surface area contributed by atoms with Crippen molar-refractivity contribution in [3.8, 4) is 0 Å². The van der Waals surface area contributed by atoms with E-state index in [0.29, 0.717) is 27.2 Å². The van der Waals surface area contributed by atoms with Crippen molar-refractivity contribution in [1.82, 2.24) is 9.21 Å². The molecule has 30 heavy (non-hydrogen) atoms. The van der Waals surface area contributed by atoms with Crippen LogP contribution in [0.1, 0.15) is 40.1 Å². The topological polar surface area (TPSA) is 74.8 Å². The molecule has 0 N–H and O–H groups in total. The Hall–Kier alpha value is -1.74. The van der Waals surface area contributed by atoms with Crippen LogP contribution in [-0.4, -0.2) is 55.5 Å². The number of rotatable bonds is 6. The number of piperazine rings is 1. The third kappa shape index (κ3) is 4.46. The van der Waals surface area contributed by atoms with Gasteiger partial charge in [-0.2, -0.15) is 4.31 Å². The average molecular weight is 467 g/mol. The van der Waals surface area contributed by atoms with Gasteiger partial charge in [0, 0.05) is 39.0 Å². The third-order valence-electron chi connectivity index (χ3n) is 5.71. The van der Waals surface area contributed by atoms with Gasteiger partial charge >= 0.3 is 0 Å². The summed E-state index contributed by atoms with van der Waals surface area (Å²) in [6.07, 6.45) is 3.26. The Balaban J connectivity index is 1.32. The van der Waals surface area contributed by atoms with Crippen LogP contribution in [-0.2, 0) is 27.7 Å². The molecular weight excluding hydrogens is 444 g/mol. The fraction of sp³-hybridized carbons (Fsp3) is 0.429. The molecule has 1 aromatic heterocycles. The lowest BCUT2D eigenvalue weighted by Gasteiger charge is -2.34. The minimum Gasteiger partial charge on any atom is -0.340 e. The van der Waals surface area contributed by atoms with Crippen LogP contribution >= 0.6 is 22.9 Å². The van der Waals surface area contributed by atoms with Gasteiger partial charge in [-0.05, 0) is 54.7 Å². The molecule has 0 atom stereocenters. The van der Waals surface area contributed by atoms with Gasteiger partial charge in [0.05, 0.1) is 14.1 Å². The van der Waals surface area contributed by atoms with E-state index in [1.807, 2.05) is 6.07 Å². The van der Waals surface area contributed by atoms with Crippen molar-refractivity contribution in [2.24, 2.45) is 0 Å². The average Bonchev–Trinajstić information content (AvgIpc) is 3.40. The van der Waals surface area contributed by atoms with Gasteiger partial charge in [0.25, 0.3) is 0 Å². The van der Waals surface area contributed by atoms with E-state index in [2.05, 4.69) is 0 Å². The van der Waals surface area contributed by atoms with Crippen LogP contribution in [0.2, 0.25) is 4.34 Å². The minimum absolute atomic E-state index is 0.0990. The fourth-order valence-corrected chi connectivity index (χ4v) is 6.49. The van der Waals surface area contributed by atoms with E-state index in [-0.39, 0.29) is 37.6 Å². The van der Waals surface area contributed by atoms with Gasteiger partial charge in [0.1, 0.15) is 0 Å². The molecule has 6 nitrogen and oxygen atoms in total.